The maximum Gasteiger partial charge on any atom is 0.329 e. The molecule has 0 saturated carbocycles. The van der Waals surface area contributed by atoms with E-state index in [1.165, 1.54) is 6.07 Å². The third-order valence-electron chi connectivity index (χ3n) is 4.34. The van der Waals surface area contributed by atoms with E-state index >= 15 is 0 Å². The van der Waals surface area contributed by atoms with Crippen LogP contribution in [0.1, 0.15) is 30.1 Å². The Morgan fingerprint density at radius 2 is 2.09 bits per heavy atom. The van der Waals surface area contributed by atoms with Crippen molar-refractivity contribution in [1.29, 1.82) is 0 Å². The predicted molar refractivity (Wildman–Crippen MR) is 112 cm³/mol. The minimum atomic E-state index is -1.01. The lowest BCUT2D eigenvalue weighted by molar-refractivity contribution is -0.384. The summed E-state index contributed by atoms with van der Waals surface area (Å²) in [6.07, 6.45) is 3.17. The molecule has 2 aromatic heterocycles. The van der Waals surface area contributed by atoms with E-state index < -0.39 is 22.8 Å². The van der Waals surface area contributed by atoms with Crippen LogP contribution in [-0.4, -0.2) is 38.0 Å². The molecule has 166 valence electrons. The van der Waals surface area contributed by atoms with Crippen LogP contribution in [0.5, 0.6) is 0 Å². The molecular formula is C20H18ClN5O6. The van der Waals surface area contributed by atoms with E-state index in [2.05, 4.69) is 20.4 Å². The summed E-state index contributed by atoms with van der Waals surface area (Å²) in [5.74, 6) is -1.34. The standard InChI is InChI=1S/C20H18ClN5O6/c1-11(2)17(24-19(27)14-6-5-13(26(29)30)8-15(14)21)20(28)31-10-16-23-18(25-32-16)12-4-3-7-22-9-12/h3-9,11,17H,10H2,1-2H3,(H,24,27)/t17-/m0/s1. The average Bonchev–Trinajstić information content (AvgIpc) is 3.25. The van der Waals surface area contributed by atoms with Crippen LogP contribution in [0.15, 0.2) is 47.2 Å². The lowest BCUT2D eigenvalue weighted by Gasteiger charge is -2.20. The molecule has 0 aliphatic heterocycles. The molecule has 2 heterocycles. The van der Waals surface area contributed by atoms with E-state index in [1.807, 2.05) is 0 Å². The van der Waals surface area contributed by atoms with Crippen molar-refractivity contribution in [3.63, 3.8) is 0 Å². The third kappa shape index (κ3) is 5.43. The second-order valence-electron chi connectivity index (χ2n) is 6.98. The van der Waals surface area contributed by atoms with Crippen LogP contribution < -0.4 is 5.32 Å². The summed E-state index contributed by atoms with van der Waals surface area (Å²) in [4.78, 5) is 43.5. The van der Waals surface area contributed by atoms with Crippen LogP contribution in [0, 0.1) is 16.0 Å². The fraction of sp³-hybridized carbons (Fsp3) is 0.250. The number of hydrogen-bond acceptors (Lipinski definition) is 9. The average molecular weight is 460 g/mol. The van der Waals surface area contributed by atoms with Gasteiger partial charge in [0.15, 0.2) is 6.61 Å². The molecule has 0 radical (unpaired) electrons. The number of amides is 1. The highest BCUT2D eigenvalue weighted by atomic mass is 35.5. The van der Waals surface area contributed by atoms with Crippen molar-refractivity contribution >= 4 is 29.2 Å². The van der Waals surface area contributed by atoms with Gasteiger partial charge in [0.1, 0.15) is 6.04 Å². The third-order valence-corrected chi connectivity index (χ3v) is 4.65. The summed E-state index contributed by atoms with van der Waals surface area (Å²) in [6.45, 7) is 3.15. The zero-order chi connectivity index (χ0) is 23.3. The number of nitro benzene ring substituents is 1. The Bertz CT molecular complexity index is 1130. The largest absolute Gasteiger partial charge is 0.454 e. The number of nitrogens with one attached hydrogen (secondary N) is 1. The van der Waals surface area contributed by atoms with Gasteiger partial charge in [-0.25, -0.2) is 4.79 Å². The number of hydrogen-bond donors (Lipinski definition) is 1. The number of carbonyl (C=O) groups excluding carboxylic acids is 2. The highest BCUT2D eigenvalue weighted by Gasteiger charge is 2.28. The Labute approximate surface area is 186 Å². The van der Waals surface area contributed by atoms with Crippen molar-refractivity contribution < 1.29 is 23.8 Å². The molecule has 1 aromatic carbocycles. The Kier molecular flexibility index (Phi) is 7.11. The zero-order valence-corrected chi connectivity index (χ0v) is 17.8. The molecule has 0 aliphatic rings. The highest BCUT2D eigenvalue weighted by Crippen LogP contribution is 2.23. The van der Waals surface area contributed by atoms with E-state index in [0.29, 0.717) is 11.4 Å². The van der Waals surface area contributed by atoms with Gasteiger partial charge in [-0.1, -0.05) is 30.6 Å². The SMILES string of the molecule is CC(C)[C@H](NC(=O)c1ccc([N+](=O)[O-])cc1Cl)C(=O)OCc1nc(-c2cccnc2)no1. The smallest absolute Gasteiger partial charge is 0.329 e. The molecule has 0 spiro atoms. The number of aromatic nitrogens is 3. The summed E-state index contributed by atoms with van der Waals surface area (Å²) in [7, 11) is 0. The number of rotatable bonds is 8. The predicted octanol–water partition coefficient (Wildman–Crippen LogP) is 3.19. The number of ether oxygens (including phenoxy) is 1. The molecule has 0 aliphatic carbocycles. The van der Waals surface area contributed by atoms with Gasteiger partial charge in [-0.05, 0) is 24.1 Å². The quantitative estimate of drug-likeness (QED) is 0.304. The van der Waals surface area contributed by atoms with Gasteiger partial charge in [-0.2, -0.15) is 4.98 Å². The summed E-state index contributed by atoms with van der Waals surface area (Å²) < 4.78 is 10.3. The molecule has 1 N–H and O–H groups in total. The van der Waals surface area contributed by atoms with Crippen LogP contribution in [0.4, 0.5) is 5.69 Å². The molecule has 0 bridgehead atoms. The fourth-order valence-electron chi connectivity index (χ4n) is 2.67. The second kappa shape index (κ2) is 9.96. The molecule has 3 rings (SSSR count). The van der Waals surface area contributed by atoms with Gasteiger partial charge < -0.3 is 14.6 Å². The first kappa shape index (κ1) is 22.8. The van der Waals surface area contributed by atoms with Gasteiger partial charge in [0.2, 0.25) is 5.82 Å². The fourth-order valence-corrected chi connectivity index (χ4v) is 2.93. The van der Waals surface area contributed by atoms with Gasteiger partial charge in [-0.3, -0.25) is 19.9 Å². The maximum atomic E-state index is 12.6. The van der Waals surface area contributed by atoms with Gasteiger partial charge in [0.05, 0.1) is 15.5 Å². The van der Waals surface area contributed by atoms with Crippen molar-refractivity contribution in [2.75, 3.05) is 0 Å². The Morgan fingerprint density at radius 1 is 1.31 bits per heavy atom. The molecular weight excluding hydrogens is 442 g/mol. The van der Waals surface area contributed by atoms with Crippen LogP contribution in [0.2, 0.25) is 5.02 Å². The minimum Gasteiger partial charge on any atom is -0.454 e. The minimum absolute atomic E-state index is 0.00581. The first-order chi connectivity index (χ1) is 15.3. The molecule has 12 heteroatoms. The Morgan fingerprint density at radius 3 is 2.72 bits per heavy atom. The Hall–Kier alpha value is -3.86. The van der Waals surface area contributed by atoms with E-state index in [1.54, 1.807) is 38.4 Å². The molecule has 32 heavy (non-hydrogen) atoms. The van der Waals surface area contributed by atoms with Gasteiger partial charge in [0, 0.05) is 30.1 Å². The maximum absolute atomic E-state index is 12.6. The van der Waals surface area contributed by atoms with Crippen LogP contribution in [-0.2, 0) is 16.1 Å². The van der Waals surface area contributed by atoms with E-state index in [0.717, 1.165) is 12.1 Å². The van der Waals surface area contributed by atoms with Gasteiger partial charge in [-0.15, -0.1) is 0 Å². The second-order valence-corrected chi connectivity index (χ2v) is 7.38. The lowest BCUT2D eigenvalue weighted by Crippen LogP contribution is -2.45. The first-order valence-corrected chi connectivity index (χ1v) is 9.78. The van der Waals surface area contributed by atoms with Crippen molar-refractivity contribution in [2.24, 2.45) is 5.92 Å². The molecule has 0 saturated heterocycles. The van der Waals surface area contributed by atoms with E-state index in [4.69, 9.17) is 20.9 Å². The topological polar surface area (TPSA) is 150 Å². The Balaban J connectivity index is 1.64. The van der Waals surface area contributed by atoms with Crippen molar-refractivity contribution in [1.82, 2.24) is 20.4 Å². The molecule has 0 fully saturated rings. The highest BCUT2D eigenvalue weighted by molar-refractivity contribution is 6.34. The number of carbonyl (C=O) groups is 2. The molecule has 0 unspecified atom stereocenters. The molecule has 11 nitrogen and oxygen atoms in total. The monoisotopic (exact) mass is 459 g/mol. The number of pyridine rings is 1. The van der Waals surface area contributed by atoms with Gasteiger partial charge >= 0.3 is 5.97 Å². The summed E-state index contributed by atoms with van der Waals surface area (Å²) in [5, 5.41) is 17.1. The van der Waals surface area contributed by atoms with Crippen molar-refractivity contribution in [3.05, 3.63) is 69.3 Å². The van der Waals surface area contributed by atoms with Crippen LogP contribution in [0.25, 0.3) is 11.4 Å². The number of esters is 1. The number of halogens is 1. The van der Waals surface area contributed by atoms with Crippen molar-refractivity contribution in [2.45, 2.75) is 26.5 Å². The van der Waals surface area contributed by atoms with Crippen LogP contribution in [0.3, 0.4) is 0 Å². The molecule has 1 atom stereocenters. The molecule has 1 amide bonds. The van der Waals surface area contributed by atoms with Crippen LogP contribution >= 0.6 is 11.6 Å². The number of non-ortho nitro benzene ring substituents is 1. The number of nitrogens with zero attached hydrogens (tertiary/aromatic N) is 4. The lowest BCUT2D eigenvalue weighted by atomic mass is 10.0. The molecule has 3 aromatic rings. The number of nitro groups is 1. The normalized spacial score (nSPS) is 11.8. The van der Waals surface area contributed by atoms with Gasteiger partial charge in [0.25, 0.3) is 17.5 Å². The van der Waals surface area contributed by atoms with E-state index in [-0.39, 0.29) is 34.7 Å². The van der Waals surface area contributed by atoms with E-state index in [9.17, 15) is 19.7 Å². The summed E-state index contributed by atoms with van der Waals surface area (Å²) in [6, 6.07) is 5.90. The number of benzene rings is 1. The first-order valence-electron chi connectivity index (χ1n) is 9.40. The van der Waals surface area contributed by atoms with Crippen molar-refractivity contribution in [3.8, 4) is 11.4 Å². The summed E-state index contributed by atoms with van der Waals surface area (Å²) in [5.41, 5.74) is 0.381. The zero-order valence-electron chi connectivity index (χ0n) is 17.0. The summed E-state index contributed by atoms with van der Waals surface area (Å²) >= 11 is 5.99.